The zero-order valence-electron chi connectivity index (χ0n) is 9.03. The summed E-state index contributed by atoms with van der Waals surface area (Å²) in [6.07, 6.45) is 4.09. The number of aromatic amines is 1. The maximum Gasteiger partial charge on any atom is 0.0923 e. The Balaban J connectivity index is 2.45. The first-order chi connectivity index (χ1) is 7.36. The molecule has 1 heterocycles. The van der Waals surface area contributed by atoms with Crippen molar-refractivity contribution in [3.05, 3.63) is 42.6 Å². The first-order valence-corrected chi connectivity index (χ1v) is 5.40. The molecule has 1 N–H and O–H groups in total. The van der Waals surface area contributed by atoms with Crippen molar-refractivity contribution in [2.75, 3.05) is 0 Å². The maximum absolute atomic E-state index is 4.31. The summed E-state index contributed by atoms with van der Waals surface area (Å²) in [6.45, 7) is 6.00. The smallest absolute Gasteiger partial charge is 0.0923 e. The number of nitrogens with zero attached hydrogens (tertiary/aromatic N) is 1. The van der Waals surface area contributed by atoms with Crippen LogP contribution in [0.2, 0.25) is 0 Å². The van der Waals surface area contributed by atoms with E-state index in [1.807, 2.05) is 18.2 Å². The number of allylic oxidation sites excluding steroid dienone is 1. The van der Waals surface area contributed by atoms with Gasteiger partial charge in [-0.1, -0.05) is 31.2 Å². The van der Waals surface area contributed by atoms with Crippen LogP contribution in [0.15, 0.2) is 36.9 Å². The molecular weight excluding hydrogens is 184 g/mol. The minimum absolute atomic E-state index is 0.509. The third-order valence-corrected chi connectivity index (χ3v) is 2.84. The van der Waals surface area contributed by atoms with Crippen LogP contribution in [-0.4, -0.2) is 10.2 Å². The molecule has 0 fully saturated rings. The fourth-order valence-corrected chi connectivity index (χ4v) is 1.98. The van der Waals surface area contributed by atoms with Gasteiger partial charge in [-0.15, -0.1) is 6.58 Å². The van der Waals surface area contributed by atoms with Crippen molar-refractivity contribution in [3.63, 3.8) is 0 Å². The van der Waals surface area contributed by atoms with Gasteiger partial charge < -0.3 is 0 Å². The van der Waals surface area contributed by atoms with E-state index in [1.165, 1.54) is 11.1 Å². The number of aromatic nitrogens is 2. The van der Waals surface area contributed by atoms with Gasteiger partial charge in [0.15, 0.2) is 0 Å². The maximum atomic E-state index is 4.31. The van der Waals surface area contributed by atoms with Gasteiger partial charge in [0.2, 0.25) is 0 Å². The number of para-hydroxylation sites is 1. The Morgan fingerprint density at radius 1 is 1.47 bits per heavy atom. The summed E-state index contributed by atoms with van der Waals surface area (Å²) in [4.78, 5) is 0. The van der Waals surface area contributed by atoms with Crippen LogP contribution >= 0.6 is 0 Å². The molecule has 2 nitrogen and oxygen atoms in total. The second kappa shape index (κ2) is 4.30. The SMILES string of the molecule is C=CCC(CC)c1[nH]nc2ccccc12. The van der Waals surface area contributed by atoms with Gasteiger partial charge in [-0.2, -0.15) is 5.10 Å². The molecule has 0 aliphatic rings. The fraction of sp³-hybridized carbons (Fsp3) is 0.308. The lowest BCUT2D eigenvalue weighted by Gasteiger charge is -2.10. The van der Waals surface area contributed by atoms with Crippen LogP contribution in [0, 0.1) is 0 Å². The molecule has 1 aromatic carbocycles. The highest BCUT2D eigenvalue weighted by atomic mass is 15.1. The summed E-state index contributed by atoms with van der Waals surface area (Å²) < 4.78 is 0. The Labute approximate surface area is 90.0 Å². The number of benzene rings is 1. The molecule has 2 heteroatoms. The molecule has 0 saturated carbocycles. The fourth-order valence-electron chi connectivity index (χ4n) is 1.98. The minimum Gasteiger partial charge on any atom is -0.281 e. The van der Waals surface area contributed by atoms with Crippen molar-refractivity contribution < 1.29 is 0 Å². The van der Waals surface area contributed by atoms with Gasteiger partial charge in [0.25, 0.3) is 0 Å². The zero-order valence-corrected chi connectivity index (χ0v) is 9.03. The van der Waals surface area contributed by atoms with Gasteiger partial charge in [-0.05, 0) is 18.9 Å². The van der Waals surface area contributed by atoms with E-state index in [1.54, 1.807) is 0 Å². The van der Waals surface area contributed by atoms with Gasteiger partial charge in [0, 0.05) is 17.0 Å². The molecule has 0 aliphatic heterocycles. The van der Waals surface area contributed by atoms with Crippen LogP contribution in [-0.2, 0) is 0 Å². The lowest BCUT2D eigenvalue weighted by Crippen LogP contribution is -1.96. The normalized spacial score (nSPS) is 12.9. The molecule has 1 atom stereocenters. The van der Waals surface area contributed by atoms with Gasteiger partial charge in [-0.3, -0.25) is 5.10 Å². The number of hydrogen-bond acceptors (Lipinski definition) is 1. The highest BCUT2D eigenvalue weighted by Gasteiger charge is 2.13. The summed E-state index contributed by atoms with van der Waals surface area (Å²) in [5.41, 5.74) is 2.29. The summed E-state index contributed by atoms with van der Waals surface area (Å²) in [7, 11) is 0. The topological polar surface area (TPSA) is 28.7 Å². The van der Waals surface area contributed by atoms with Crippen LogP contribution in [0.5, 0.6) is 0 Å². The third-order valence-electron chi connectivity index (χ3n) is 2.84. The summed E-state index contributed by atoms with van der Waals surface area (Å²) in [5.74, 6) is 0.509. The molecule has 2 aromatic rings. The first-order valence-electron chi connectivity index (χ1n) is 5.40. The number of H-pyrrole nitrogens is 1. The molecule has 15 heavy (non-hydrogen) atoms. The van der Waals surface area contributed by atoms with Crippen molar-refractivity contribution >= 4 is 10.9 Å². The lowest BCUT2D eigenvalue weighted by atomic mass is 9.96. The van der Waals surface area contributed by atoms with E-state index in [9.17, 15) is 0 Å². The molecule has 78 valence electrons. The molecule has 1 unspecified atom stereocenters. The van der Waals surface area contributed by atoms with E-state index in [0.717, 1.165) is 18.4 Å². The molecule has 0 bridgehead atoms. The van der Waals surface area contributed by atoms with Crippen LogP contribution < -0.4 is 0 Å². The van der Waals surface area contributed by atoms with Crippen LogP contribution in [0.25, 0.3) is 10.9 Å². The second-order valence-electron chi connectivity index (χ2n) is 3.78. The number of rotatable bonds is 4. The predicted octanol–water partition coefficient (Wildman–Crippen LogP) is 3.63. The molecule has 0 aliphatic carbocycles. The van der Waals surface area contributed by atoms with Crippen LogP contribution in [0.3, 0.4) is 0 Å². The highest BCUT2D eigenvalue weighted by molar-refractivity contribution is 5.81. The molecule has 0 radical (unpaired) electrons. The molecule has 1 aromatic heterocycles. The largest absolute Gasteiger partial charge is 0.281 e. The second-order valence-corrected chi connectivity index (χ2v) is 3.78. The number of nitrogens with one attached hydrogen (secondary N) is 1. The average Bonchev–Trinajstić information content (AvgIpc) is 2.70. The van der Waals surface area contributed by atoms with Crippen LogP contribution in [0.4, 0.5) is 0 Å². The Morgan fingerprint density at radius 3 is 3.00 bits per heavy atom. The minimum atomic E-state index is 0.509. The van der Waals surface area contributed by atoms with E-state index in [4.69, 9.17) is 0 Å². The third kappa shape index (κ3) is 1.80. The Kier molecular flexibility index (Phi) is 2.86. The summed E-state index contributed by atoms with van der Waals surface area (Å²) in [6, 6.07) is 8.24. The summed E-state index contributed by atoms with van der Waals surface area (Å²) >= 11 is 0. The van der Waals surface area contributed by atoms with Gasteiger partial charge >= 0.3 is 0 Å². The lowest BCUT2D eigenvalue weighted by molar-refractivity contribution is 0.655. The van der Waals surface area contributed by atoms with Crippen molar-refractivity contribution in [2.24, 2.45) is 0 Å². The first kappa shape index (κ1) is 9.97. The number of fused-ring (bicyclic) bond motifs is 1. The predicted molar refractivity (Wildman–Crippen MR) is 63.9 cm³/mol. The molecule has 0 spiro atoms. The van der Waals surface area contributed by atoms with Crippen molar-refractivity contribution in [2.45, 2.75) is 25.7 Å². The van der Waals surface area contributed by atoms with Crippen molar-refractivity contribution in [1.82, 2.24) is 10.2 Å². The van der Waals surface area contributed by atoms with Gasteiger partial charge in [0.05, 0.1) is 5.52 Å². The number of hydrogen-bond donors (Lipinski definition) is 1. The summed E-state index contributed by atoms with van der Waals surface area (Å²) in [5, 5.41) is 8.70. The van der Waals surface area contributed by atoms with E-state index in [-0.39, 0.29) is 0 Å². The zero-order chi connectivity index (χ0) is 10.7. The van der Waals surface area contributed by atoms with E-state index in [0.29, 0.717) is 5.92 Å². The van der Waals surface area contributed by atoms with E-state index >= 15 is 0 Å². The molecule has 2 rings (SSSR count). The average molecular weight is 200 g/mol. The highest BCUT2D eigenvalue weighted by Crippen LogP contribution is 2.28. The van der Waals surface area contributed by atoms with E-state index < -0.39 is 0 Å². The Hall–Kier alpha value is -1.57. The standard InChI is InChI=1S/C13H16N2/c1-3-7-10(4-2)13-11-8-5-6-9-12(11)14-15-13/h3,5-6,8-10H,1,4,7H2,2H3,(H,14,15). The Bertz CT molecular complexity index is 456. The van der Waals surface area contributed by atoms with Crippen molar-refractivity contribution in [1.29, 1.82) is 0 Å². The van der Waals surface area contributed by atoms with Crippen LogP contribution in [0.1, 0.15) is 31.4 Å². The monoisotopic (exact) mass is 200 g/mol. The Morgan fingerprint density at radius 2 is 2.27 bits per heavy atom. The van der Waals surface area contributed by atoms with Gasteiger partial charge in [-0.25, -0.2) is 0 Å². The molecule has 0 amide bonds. The quantitative estimate of drug-likeness (QED) is 0.750. The van der Waals surface area contributed by atoms with E-state index in [2.05, 4.69) is 35.8 Å². The molecular formula is C13H16N2. The van der Waals surface area contributed by atoms with Gasteiger partial charge in [0.1, 0.15) is 0 Å². The van der Waals surface area contributed by atoms with Crippen molar-refractivity contribution in [3.8, 4) is 0 Å². The molecule has 0 saturated heterocycles.